The lowest BCUT2D eigenvalue weighted by atomic mass is 10.2. The van der Waals surface area contributed by atoms with Gasteiger partial charge >= 0.3 is 12.1 Å². The Morgan fingerprint density at radius 1 is 1.15 bits per heavy atom. The van der Waals surface area contributed by atoms with Crippen LogP contribution in [0, 0.1) is 0 Å². The highest BCUT2D eigenvalue weighted by Crippen LogP contribution is 2.31. The highest BCUT2D eigenvalue weighted by Gasteiger charge is 2.30. The van der Waals surface area contributed by atoms with E-state index in [1.807, 2.05) is 0 Å². The summed E-state index contributed by atoms with van der Waals surface area (Å²) >= 11 is 5.74. The summed E-state index contributed by atoms with van der Waals surface area (Å²) in [5, 5.41) is 3.03. The normalized spacial score (nSPS) is 12.2. The Kier molecular flexibility index (Phi) is 6.68. The fourth-order valence-corrected chi connectivity index (χ4v) is 2.09. The van der Waals surface area contributed by atoms with Gasteiger partial charge in [-0.2, -0.15) is 13.2 Å². The molecule has 0 heterocycles. The molecule has 0 saturated carbocycles. The molecule has 0 fully saturated rings. The lowest BCUT2D eigenvalue weighted by molar-refractivity contribution is -0.155. The van der Waals surface area contributed by atoms with E-state index in [9.17, 15) is 22.8 Å². The highest BCUT2D eigenvalue weighted by atomic mass is 35.5. The Morgan fingerprint density at radius 2 is 1.81 bits per heavy atom. The molecule has 0 aliphatic carbocycles. The number of anilines is 1. The second kappa shape index (κ2) is 8.77. The van der Waals surface area contributed by atoms with Gasteiger partial charge in [0, 0.05) is 10.7 Å². The molecule has 1 atom stereocenters. The average Bonchev–Trinajstić information content (AvgIpc) is 2.61. The topological polar surface area (TPSA) is 64.6 Å². The van der Waals surface area contributed by atoms with Crippen LogP contribution >= 0.6 is 11.6 Å². The molecule has 0 unspecified atom stereocenters. The molecule has 0 saturated heterocycles. The monoisotopic (exact) mass is 401 g/mol. The van der Waals surface area contributed by atoms with Crippen LogP contribution in [0.25, 0.3) is 0 Å². The fraction of sp³-hybridized carbons (Fsp3) is 0.222. The van der Waals surface area contributed by atoms with Crippen LogP contribution in [0.4, 0.5) is 18.9 Å². The standard InChI is InChI=1S/C18H15ClF3NO4/c1-11(17(25)23-14-7-5-13(19)6-8-14)27-16(24)10-26-15-4-2-3-12(9-15)18(20,21)22/h2-9,11H,10H2,1H3,(H,23,25)/t11-/m1/s1. The van der Waals surface area contributed by atoms with Crippen LogP contribution in [-0.4, -0.2) is 24.6 Å². The van der Waals surface area contributed by atoms with Crippen LogP contribution in [0.15, 0.2) is 48.5 Å². The summed E-state index contributed by atoms with van der Waals surface area (Å²) in [6.45, 7) is 0.716. The summed E-state index contributed by atoms with van der Waals surface area (Å²) in [6, 6.07) is 10.4. The predicted molar refractivity (Wildman–Crippen MR) is 92.6 cm³/mol. The molecular formula is C18H15ClF3NO4. The van der Waals surface area contributed by atoms with E-state index >= 15 is 0 Å². The Hall–Kier alpha value is -2.74. The van der Waals surface area contributed by atoms with Crippen molar-refractivity contribution in [3.63, 3.8) is 0 Å². The van der Waals surface area contributed by atoms with E-state index in [4.69, 9.17) is 21.1 Å². The molecule has 2 rings (SSSR count). The molecule has 0 spiro atoms. The van der Waals surface area contributed by atoms with Crippen molar-refractivity contribution in [2.45, 2.75) is 19.2 Å². The molecule has 2 aromatic rings. The molecule has 0 aliphatic rings. The van der Waals surface area contributed by atoms with Gasteiger partial charge in [0.15, 0.2) is 12.7 Å². The number of benzene rings is 2. The molecule has 27 heavy (non-hydrogen) atoms. The molecule has 9 heteroatoms. The number of rotatable bonds is 6. The summed E-state index contributed by atoms with van der Waals surface area (Å²) in [5.74, 6) is -1.61. The number of amides is 1. The maximum absolute atomic E-state index is 12.6. The molecule has 1 N–H and O–H groups in total. The second-order valence-electron chi connectivity index (χ2n) is 5.44. The van der Waals surface area contributed by atoms with Gasteiger partial charge in [0.25, 0.3) is 5.91 Å². The van der Waals surface area contributed by atoms with Gasteiger partial charge in [-0.15, -0.1) is 0 Å². The summed E-state index contributed by atoms with van der Waals surface area (Å²) in [4.78, 5) is 23.7. The number of halogens is 4. The molecule has 5 nitrogen and oxygen atoms in total. The minimum Gasteiger partial charge on any atom is -0.482 e. The van der Waals surface area contributed by atoms with E-state index in [1.54, 1.807) is 24.3 Å². The molecule has 2 aromatic carbocycles. The Bertz CT molecular complexity index is 809. The first-order valence-corrected chi connectivity index (χ1v) is 8.09. The summed E-state index contributed by atoms with van der Waals surface area (Å²) < 4.78 is 47.8. The van der Waals surface area contributed by atoms with Crippen molar-refractivity contribution in [1.82, 2.24) is 0 Å². The van der Waals surface area contributed by atoms with Gasteiger partial charge in [-0.1, -0.05) is 17.7 Å². The summed E-state index contributed by atoms with van der Waals surface area (Å²) in [6.07, 6.45) is -5.65. The zero-order valence-corrected chi connectivity index (χ0v) is 14.8. The van der Waals surface area contributed by atoms with Crippen LogP contribution < -0.4 is 10.1 Å². The second-order valence-corrected chi connectivity index (χ2v) is 5.88. The summed E-state index contributed by atoms with van der Waals surface area (Å²) in [5.41, 5.74) is -0.434. The van der Waals surface area contributed by atoms with Crippen molar-refractivity contribution in [3.05, 3.63) is 59.1 Å². The van der Waals surface area contributed by atoms with Crippen LogP contribution in [0.1, 0.15) is 12.5 Å². The van der Waals surface area contributed by atoms with Crippen molar-refractivity contribution in [2.24, 2.45) is 0 Å². The van der Waals surface area contributed by atoms with Crippen LogP contribution in [0.3, 0.4) is 0 Å². The minimum atomic E-state index is -4.52. The maximum atomic E-state index is 12.6. The van der Waals surface area contributed by atoms with Gasteiger partial charge in [-0.05, 0) is 49.4 Å². The molecule has 144 valence electrons. The first-order valence-electron chi connectivity index (χ1n) is 7.71. The maximum Gasteiger partial charge on any atom is 0.416 e. The quantitative estimate of drug-likeness (QED) is 0.733. The molecular weight excluding hydrogens is 387 g/mol. The van der Waals surface area contributed by atoms with Gasteiger partial charge in [0.2, 0.25) is 0 Å². The number of alkyl halides is 3. The van der Waals surface area contributed by atoms with Crippen molar-refractivity contribution in [1.29, 1.82) is 0 Å². The first-order chi connectivity index (χ1) is 12.6. The van der Waals surface area contributed by atoms with Gasteiger partial charge in [-0.25, -0.2) is 4.79 Å². The van der Waals surface area contributed by atoms with Crippen LogP contribution in [0.5, 0.6) is 5.75 Å². The number of carbonyl (C=O) groups excluding carboxylic acids is 2. The third-order valence-corrected chi connectivity index (χ3v) is 3.56. The molecule has 0 aliphatic heterocycles. The van der Waals surface area contributed by atoms with Gasteiger partial charge < -0.3 is 14.8 Å². The predicted octanol–water partition coefficient (Wildman–Crippen LogP) is 4.31. The number of ether oxygens (including phenoxy) is 2. The SMILES string of the molecule is C[C@@H](OC(=O)COc1cccc(C(F)(F)F)c1)C(=O)Nc1ccc(Cl)cc1. The van der Waals surface area contributed by atoms with Crippen molar-refractivity contribution in [3.8, 4) is 5.75 Å². The van der Waals surface area contributed by atoms with Crippen LogP contribution in [0.2, 0.25) is 5.02 Å². The van der Waals surface area contributed by atoms with E-state index < -0.39 is 36.3 Å². The number of carbonyl (C=O) groups is 2. The molecule has 1 amide bonds. The third kappa shape index (κ3) is 6.49. The largest absolute Gasteiger partial charge is 0.482 e. The van der Waals surface area contributed by atoms with E-state index in [2.05, 4.69) is 5.32 Å². The smallest absolute Gasteiger partial charge is 0.416 e. The number of hydrogen-bond donors (Lipinski definition) is 1. The number of esters is 1. The van der Waals surface area contributed by atoms with Crippen molar-refractivity contribution < 1.29 is 32.2 Å². The third-order valence-electron chi connectivity index (χ3n) is 3.31. The highest BCUT2D eigenvalue weighted by molar-refractivity contribution is 6.30. The van der Waals surface area contributed by atoms with E-state index in [1.165, 1.54) is 13.0 Å². The average molecular weight is 402 g/mol. The van der Waals surface area contributed by atoms with Crippen molar-refractivity contribution >= 4 is 29.2 Å². The van der Waals surface area contributed by atoms with Gasteiger partial charge in [0.1, 0.15) is 5.75 Å². The molecule has 0 radical (unpaired) electrons. The fourth-order valence-electron chi connectivity index (χ4n) is 1.97. The van der Waals surface area contributed by atoms with Gasteiger partial charge in [-0.3, -0.25) is 4.79 Å². The lowest BCUT2D eigenvalue weighted by Gasteiger charge is -2.14. The molecule has 0 bridgehead atoms. The van der Waals surface area contributed by atoms with E-state index in [0.29, 0.717) is 10.7 Å². The first kappa shape index (κ1) is 20.6. The van der Waals surface area contributed by atoms with Crippen molar-refractivity contribution in [2.75, 3.05) is 11.9 Å². The lowest BCUT2D eigenvalue weighted by Crippen LogP contribution is -2.31. The Balaban J connectivity index is 1.84. The van der Waals surface area contributed by atoms with Gasteiger partial charge in [0.05, 0.1) is 5.56 Å². The van der Waals surface area contributed by atoms with E-state index in [0.717, 1.165) is 18.2 Å². The Morgan fingerprint density at radius 3 is 2.44 bits per heavy atom. The summed E-state index contributed by atoms with van der Waals surface area (Å²) in [7, 11) is 0. The number of nitrogens with one attached hydrogen (secondary N) is 1. The van der Waals surface area contributed by atoms with Crippen LogP contribution in [-0.2, 0) is 20.5 Å². The minimum absolute atomic E-state index is 0.139. The van der Waals surface area contributed by atoms with E-state index in [-0.39, 0.29) is 5.75 Å². The number of hydrogen-bond acceptors (Lipinski definition) is 4. The molecule has 0 aromatic heterocycles. The zero-order valence-electron chi connectivity index (χ0n) is 14.0. The zero-order chi connectivity index (χ0) is 20.0. The Labute approximate surface area is 158 Å².